The monoisotopic (exact) mass is 500 g/mol. The maximum atomic E-state index is 5.56. The molecule has 1 heterocycles. The number of nitrogens with one attached hydrogen (secondary N) is 2. The van der Waals surface area contributed by atoms with Crippen molar-refractivity contribution in [1.82, 2.24) is 15.5 Å². The summed E-state index contributed by atoms with van der Waals surface area (Å²) in [5, 5.41) is 6.72. The molecule has 0 aliphatic carbocycles. The fraction of sp³-hybridized carbons (Fsp3) is 0.571. The normalized spacial score (nSPS) is 14.5. The molecule has 1 aliphatic heterocycles. The molecule has 0 aromatic heterocycles. The van der Waals surface area contributed by atoms with Gasteiger partial charge in [0.15, 0.2) is 17.5 Å². The van der Waals surface area contributed by atoms with Crippen molar-refractivity contribution in [3.63, 3.8) is 0 Å². The highest BCUT2D eigenvalue weighted by Crippen LogP contribution is 2.28. The summed E-state index contributed by atoms with van der Waals surface area (Å²) in [4.78, 5) is 7.20. The predicted octanol–water partition coefficient (Wildman–Crippen LogP) is 2.87. The Labute approximate surface area is 186 Å². The smallest absolute Gasteiger partial charge is 0.191 e. The van der Waals surface area contributed by atoms with Crippen LogP contribution in [0.1, 0.15) is 31.7 Å². The number of likely N-dealkylation sites (tertiary alicyclic amines) is 1. The van der Waals surface area contributed by atoms with Crippen LogP contribution in [0.3, 0.4) is 0 Å². The molecular formula is C21H33IN4O2. The van der Waals surface area contributed by atoms with Gasteiger partial charge in [0, 0.05) is 19.6 Å². The van der Waals surface area contributed by atoms with Gasteiger partial charge in [-0.3, -0.25) is 0 Å². The molecule has 6 nitrogen and oxygen atoms in total. The van der Waals surface area contributed by atoms with Crippen LogP contribution in [-0.4, -0.2) is 57.3 Å². The van der Waals surface area contributed by atoms with Crippen molar-refractivity contribution in [2.75, 3.05) is 46.4 Å². The van der Waals surface area contributed by atoms with Gasteiger partial charge in [0.05, 0.1) is 13.7 Å². The van der Waals surface area contributed by atoms with Gasteiger partial charge in [0.1, 0.15) is 6.61 Å². The van der Waals surface area contributed by atoms with E-state index in [0.717, 1.165) is 31.2 Å². The van der Waals surface area contributed by atoms with Crippen molar-refractivity contribution < 1.29 is 9.47 Å². The lowest BCUT2D eigenvalue weighted by atomic mass is 10.1. The van der Waals surface area contributed by atoms with Gasteiger partial charge in [-0.05, 0) is 50.6 Å². The van der Waals surface area contributed by atoms with Crippen LogP contribution < -0.4 is 20.1 Å². The van der Waals surface area contributed by atoms with E-state index in [-0.39, 0.29) is 30.6 Å². The van der Waals surface area contributed by atoms with Crippen LogP contribution >= 0.6 is 24.0 Å². The number of aliphatic imine (C=N–C) groups is 1. The van der Waals surface area contributed by atoms with Crippen molar-refractivity contribution in [1.29, 1.82) is 0 Å². The van der Waals surface area contributed by atoms with Crippen molar-refractivity contribution in [2.24, 2.45) is 4.99 Å². The number of guanidine groups is 1. The van der Waals surface area contributed by atoms with Gasteiger partial charge in [0.2, 0.25) is 0 Å². The van der Waals surface area contributed by atoms with E-state index in [1.807, 2.05) is 18.2 Å². The molecular weight excluding hydrogens is 467 g/mol. The molecule has 0 spiro atoms. The summed E-state index contributed by atoms with van der Waals surface area (Å²) in [5.74, 6) is 4.62. The highest BCUT2D eigenvalue weighted by Gasteiger charge is 2.09. The number of halogens is 1. The fourth-order valence-electron chi connectivity index (χ4n) is 3.08. The molecule has 28 heavy (non-hydrogen) atoms. The quantitative estimate of drug-likeness (QED) is 0.237. The van der Waals surface area contributed by atoms with Crippen molar-refractivity contribution >= 4 is 29.9 Å². The first-order chi connectivity index (χ1) is 13.3. The summed E-state index contributed by atoms with van der Waals surface area (Å²) in [7, 11) is 1.62. The second kappa shape index (κ2) is 14.4. The number of rotatable bonds is 9. The molecule has 1 saturated heterocycles. The highest BCUT2D eigenvalue weighted by atomic mass is 127. The standard InChI is InChI=1S/C21H32N4O2.HI/c1-4-15-27-20-16-18(9-10-19(20)26-3)17-24-21(22-5-2)23-11-14-25-12-7-6-8-13-25;/h1,9-10,16H,5-8,11-15,17H2,2-3H3,(H2,22,23,24);1H. The number of piperidine rings is 1. The first-order valence-corrected chi connectivity index (χ1v) is 9.74. The topological polar surface area (TPSA) is 58.1 Å². The van der Waals surface area contributed by atoms with Gasteiger partial charge in [0.25, 0.3) is 0 Å². The molecule has 1 aliphatic rings. The molecule has 1 fully saturated rings. The Morgan fingerprint density at radius 2 is 2.00 bits per heavy atom. The lowest BCUT2D eigenvalue weighted by molar-refractivity contribution is 0.232. The van der Waals surface area contributed by atoms with Crippen molar-refractivity contribution in [3.8, 4) is 23.8 Å². The molecule has 0 amide bonds. The molecule has 156 valence electrons. The summed E-state index contributed by atoms with van der Waals surface area (Å²) < 4.78 is 10.9. The fourth-order valence-corrected chi connectivity index (χ4v) is 3.08. The second-order valence-electron chi connectivity index (χ2n) is 6.50. The second-order valence-corrected chi connectivity index (χ2v) is 6.50. The minimum atomic E-state index is 0. The maximum Gasteiger partial charge on any atom is 0.191 e. The average Bonchev–Trinajstić information content (AvgIpc) is 2.71. The minimum Gasteiger partial charge on any atom is -0.493 e. The maximum absolute atomic E-state index is 5.56. The number of methoxy groups -OCH3 is 1. The van der Waals surface area contributed by atoms with E-state index in [2.05, 4.69) is 33.4 Å². The van der Waals surface area contributed by atoms with Gasteiger partial charge < -0.3 is 25.0 Å². The lowest BCUT2D eigenvalue weighted by Crippen LogP contribution is -2.42. The molecule has 0 bridgehead atoms. The van der Waals surface area contributed by atoms with Gasteiger partial charge in [-0.15, -0.1) is 30.4 Å². The Morgan fingerprint density at radius 3 is 2.68 bits per heavy atom. The number of terminal acetylenes is 1. The van der Waals surface area contributed by atoms with Crippen molar-refractivity contribution in [2.45, 2.75) is 32.7 Å². The Bertz CT molecular complexity index is 640. The summed E-state index contributed by atoms with van der Waals surface area (Å²) in [5.41, 5.74) is 1.04. The Morgan fingerprint density at radius 1 is 1.21 bits per heavy atom. The predicted molar refractivity (Wildman–Crippen MR) is 126 cm³/mol. The number of hydrogen-bond donors (Lipinski definition) is 2. The zero-order chi connectivity index (χ0) is 19.3. The first-order valence-electron chi connectivity index (χ1n) is 9.74. The third-order valence-electron chi connectivity index (χ3n) is 4.47. The molecule has 0 radical (unpaired) electrons. The molecule has 0 atom stereocenters. The molecule has 2 N–H and O–H groups in total. The summed E-state index contributed by atoms with van der Waals surface area (Å²) in [6, 6.07) is 5.80. The Kier molecular flexibility index (Phi) is 12.5. The lowest BCUT2D eigenvalue weighted by Gasteiger charge is -2.26. The molecule has 7 heteroatoms. The summed E-state index contributed by atoms with van der Waals surface area (Å²) in [6.45, 7) is 8.03. The zero-order valence-corrected chi connectivity index (χ0v) is 19.3. The van der Waals surface area contributed by atoms with Gasteiger partial charge in [-0.2, -0.15) is 0 Å². The van der Waals surface area contributed by atoms with E-state index in [1.54, 1.807) is 7.11 Å². The van der Waals surface area contributed by atoms with E-state index in [9.17, 15) is 0 Å². The van der Waals surface area contributed by atoms with Gasteiger partial charge in [-0.25, -0.2) is 4.99 Å². The molecule has 0 unspecified atom stereocenters. The van der Waals surface area contributed by atoms with Crippen LogP contribution in [0.15, 0.2) is 23.2 Å². The SMILES string of the molecule is C#CCOc1cc(CN=C(NCC)NCCN2CCCCC2)ccc1OC.I. The van der Waals surface area contributed by atoms with Crippen LogP contribution in [0, 0.1) is 12.3 Å². The van der Waals surface area contributed by atoms with Gasteiger partial charge in [-0.1, -0.05) is 18.4 Å². The zero-order valence-electron chi connectivity index (χ0n) is 17.0. The summed E-state index contributed by atoms with van der Waals surface area (Å²) in [6.07, 6.45) is 9.27. The largest absolute Gasteiger partial charge is 0.493 e. The van der Waals surface area contributed by atoms with Crippen LogP contribution in [0.5, 0.6) is 11.5 Å². The van der Waals surface area contributed by atoms with Crippen LogP contribution in [0.25, 0.3) is 0 Å². The van der Waals surface area contributed by atoms with Gasteiger partial charge >= 0.3 is 0 Å². The van der Waals surface area contributed by atoms with E-state index in [0.29, 0.717) is 18.0 Å². The summed E-state index contributed by atoms with van der Waals surface area (Å²) >= 11 is 0. The van der Waals surface area contributed by atoms with E-state index < -0.39 is 0 Å². The van der Waals surface area contributed by atoms with Crippen LogP contribution in [0.4, 0.5) is 0 Å². The third kappa shape index (κ3) is 8.57. The highest BCUT2D eigenvalue weighted by molar-refractivity contribution is 14.0. The van der Waals surface area contributed by atoms with Crippen LogP contribution in [0.2, 0.25) is 0 Å². The Balaban J connectivity index is 0.00000392. The number of nitrogens with zero attached hydrogens (tertiary/aromatic N) is 2. The van der Waals surface area contributed by atoms with E-state index >= 15 is 0 Å². The number of hydrogen-bond acceptors (Lipinski definition) is 4. The van der Waals surface area contributed by atoms with E-state index in [1.165, 1.54) is 32.4 Å². The average molecular weight is 500 g/mol. The van der Waals surface area contributed by atoms with Crippen LogP contribution in [-0.2, 0) is 6.54 Å². The first kappa shape index (κ1) is 24.4. The molecule has 2 rings (SSSR count). The molecule has 1 aromatic rings. The van der Waals surface area contributed by atoms with E-state index in [4.69, 9.17) is 15.9 Å². The third-order valence-corrected chi connectivity index (χ3v) is 4.47. The molecule has 1 aromatic carbocycles. The number of ether oxygens (including phenoxy) is 2. The minimum absolute atomic E-state index is 0. The molecule has 0 saturated carbocycles. The Hall–Kier alpha value is -1.66. The van der Waals surface area contributed by atoms with Crippen molar-refractivity contribution in [3.05, 3.63) is 23.8 Å². The number of benzene rings is 1.